The zero-order chi connectivity index (χ0) is 15.7. The number of rotatable bonds is 8. The lowest BCUT2D eigenvalue weighted by Crippen LogP contribution is -2.47. The van der Waals surface area contributed by atoms with Gasteiger partial charge in [-0.1, -0.05) is 27.7 Å². The van der Waals surface area contributed by atoms with E-state index in [0.717, 1.165) is 31.9 Å². The van der Waals surface area contributed by atoms with Gasteiger partial charge in [-0.3, -0.25) is 0 Å². The van der Waals surface area contributed by atoms with Crippen molar-refractivity contribution in [1.82, 2.24) is 5.32 Å². The molecule has 2 N–H and O–H groups in total. The predicted molar refractivity (Wildman–Crippen MR) is 87.4 cm³/mol. The van der Waals surface area contributed by atoms with Crippen molar-refractivity contribution in [2.45, 2.75) is 78.4 Å². The summed E-state index contributed by atoms with van der Waals surface area (Å²) in [7, 11) is 0. The summed E-state index contributed by atoms with van der Waals surface area (Å²) in [6.07, 6.45) is 6.27. The van der Waals surface area contributed by atoms with Crippen LogP contribution in [0.5, 0.6) is 0 Å². The first-order valence-corrected chi connectivity index (χ1v) is 8.76. The molecule has 4 atom stereocenters. The highest BCUT2D eigenvalue weighted by Gasteiger charge is 2.61. The van der Waals surface area contributed by atoms with Crippen molar-refractivity contribution in [3.8, 4) is 0 Å². The molecule has 21 heavy (non-hydrogen) atoms. The Morgan fingerprint density at radius 2 is 2.05 bits per heavy atom. The standard InChI is InChI=1S/C18H35NO2/c1-6-10-19-17(4,13-20)9-11-21-15-12-14-7-8-18(15,5)16(14,2)3/h14-15,19-20H,6-13H2,1-5H3. The molecule has 2 fully saturated rings. The van der Waals surface area contributed by atoms with Gasteiger partial charge in [0.25, 0.3) is 0 Å². The number of nitrogens with one attached hydrogen (secondary N) is 1. The van der Waals surface area contributed by atoms with Gasteiger partial charge in [-0.25, -0.2) is 0 Å². The van der Waals surface area contributed by atoms with Crippen molar-refractivity contribution < 1.29 is 9.84 Å². The van der Waals surface area contributed by atoms with Gasteiger partial charge in [-0.05, 0) is 62.3 Å². The van der Waals surface area contributed by atoms with Crippen LogP contribution in [0.25, 0.3) is 0 Å². The van der Waals surface area contributed by atoms with Gasteiger partial charge < -0.3 is 15.2 Å². The van der Waals surface area contributed by atoms with Crippen LogP contribution in [0.15, 0.2) is 0 Å². The highest BCUT2D eigenvalue weighted by molar-refractivity contribution is 5.11. The predicted octanol–water partition coefficient (Wildman–Crippen LogP) is 3.36. The summed E-state index contributed by atoms with van der Waals surface area (Å²) >= 11 is 0. The summed E-state index contributed by atoms with van der Waals surface area (Å²) in [4.78, 5) is 0. The van der Waals surface area contributed by atoms with Crippen LogP contribution in [0.4, 0.5) is 0 Å². The van der Waals surface area contributed by atoms with Crippen molar-refractivity contribution in [3.63, 3.8) is 0 Å². The van der Waals surface area contributed by atoms with Crippen molar-refractivity contribution in [2.75, 3.05) is 19.8 Å². The van der Waals surface area contributed by atoms with Gasteiger partial charge in [-0.2, -0.15) is 0 Å². The van der Waals surface area contributed by atoms with E-state index in [-0.39, 0.29) is 12.1 Å². The minimum absolute atomic E-state index is 0.173. The lowest BCUT2D eigenvalue weighted by Gasteiger charge is -2.39. The van der Waals surface area contributed by atoms with Crippen LogP contribution in [0.1, 0.15) is 66.7 Å². The quantitative estimate of drug-likeness (QED) is 0.722. The molecule has 2 saturated carbocycles. The fourth-order valence-corrected chi connectivity index (χ4v) is 4.46. The average molecular weight is 297 g/mol. The smallest absolute Gasteiger partial charge is 0.0636 e. The second-order valence-corrected chi connectivity index (χ2v) is 8.37. The molecule has 0 spiro atoms. The van der Waals surface area contributed by atoms with Crippen LogP contribution >= 0.6 is 0 Å². The lowest BCUT2D eigenvalue weighted by atomic mass is 9.70. The van der Waals surface area contributed by atoms with Crippen LogP contribution in [0.2, 0.25) is 0 Å². The molecule has 124 valence electrons. The Hall–Kier alpha value is -0.120. The van der Waals surface area contributed by atoms with E-state index in [9.17, 15) is 5.11 Å². The van der Waals surface area contributed by atoms with E-state index in [2.05, 4.69) is 39.9 Å². The third-order valence-electron chi connectivity index (χ3n) is 6.84. The van der Waals surface area contributed by atoms with Gasteiger partial charge in [0.05, 0.1) is 12.7 Å². The first-order chi connectivity index (χ1) is 9.79. The zero-order valence-corrected chi connectivity index (χ0v) is 14.7. The Bertz CT molecular complexity index is 357. The summed E-state index contributed by atoms with van der Waals surface area (Å²) in [6.45, 7) is 13.4. The zero-order valence-electron chi connectivity index (χ0n) is 14.7. The van der Waals surface area contributed by atoms with Gasteiger partial charge in [0.2, 0.25) is 0 Å². The molecule has 2 rings (SSSR count). The number of fused-ring (bicyclic) bond motifs is 2. The molecule has 0 aromatic carbocycles. The van der Waals surface area contributed by atoms with E-state index >= 15 is 0 Å². The second-order valence-electron chi connectivity index (χ2n) is 8.37. The molecule has 0 heterocycles. The normalized spacial score (nSPS) is 36.9. The summed E-state index contributed by atoms with van der Waals surface area (Å²) in [5.74, 6) is 0.829. The van der Waals surface area contributed by atoms with Gasteiger partial charge in [0, 0.05) is 12.1 Å². The molecule has 3 heteroatoms. The molecule has 0 radical (unpaired) electrons. The number of hydrogen-bond donors (Lipinski definition) is 2. The molecule has 3 nitrogen and oxygen atoms in total. The van der Waals surface area contributed by atoms with Gasteiger partial charge >= 0.3 is 0 Å². The Labute approximate surface area is 130 Å². The minimum atomic E-state index is -0.204. The van der Waals surface area contributed by atoms with Crippen molar-refractivity contribution >= 4 is 0 Å². The van der Waals surface area contributed by atoms with Crippen LogP contribution in [-0.4, -0.2) is 36.5 Å². The van der Waals surface area contributed by atoms with Crippen LogP contribution in [-0.2, 0) is 4.74 Å². The Balaban J connectivity index is 1.84. The number of aliphatic hydroxyl groups is 1. The van der Waals surface area contributed by atoms with Gasteiger partial charge in [0.1, 0.15) is 0 Å². The largest absolute Gasteiger partial charge is 0.394 e. The molecular formula is C18H35NO2. The van der Waals surface area contributed by atoms with Crippen LogP contribution < -0.4 is 5.32 Å². The maximum absolute atomic E-state index is 9.62. The minimum Gasteiger partial charge on any atom is -0.394 e. The molecule has 2 bridgehead atoms. The van der Waals surface area contributed by atoms with Gasteiger partial charge in [-0.15, -0.1) is 0 Å². The lowest BCUT2D eigenvalue weighted by molar-refractivity contribution is -0.0540. The molecule has 2 aliphatic rings. The van der Waals surface area contributed by atoms with E-state index in [4.69, 9.17) is 4.74 Å². The van der Waals surface area contributed by atoms with Crippen LogP contribution in [0.3, 0.4) is 0 Å². The number of hydrogen-bond acceptors (Lipinski definition) is 3. The second kappa shape index (κ2) is 6.17. The first kappa shape index (κ1) is 17.2. The Morgan fingerprint density at radius 1 is 1.33 bits per heavy atom. The van der Waals surface area contributed by atoms with Crippen molar-refractivity contribution in [2.24, 2.45) is 16.7 Å². The third kappa shape index (κ3) is 3.02. The number of ether oxygens (including phenoxy) is 1. The Morgan fingerprint density at radius 3 is 2.52 bits per heavy atom. The third-order valence-corrected chi connectivity index (χ3v) is 6.84. The monoisotopic (exact) mass is 297 g/mol. The molecule has 0 aromatic heterocycles. The van der Waals surface area contributed by atoms with Gasteiger partial charge in [0.15, 0.2) is 0 Å². The van der Waals surface area contributed by atoms with Crippen molar-refractivity contribution in [1.29, 1.82) is 0 Å². The average Bonchev–Trinajstić information content (AvgIpc) is 2.78. The fourth-order valence-electron chi connectivity index (χ4n) is 4.46. The molecular weight excluding hydrogens is 262 g/mol. The molecule has 0 aromatic rings. The van der Waals surface area contributed by atoms with E-state index < -0.39 is 0 Å². The molecule has 2 aliphatic carbocycles. The molecule has 0 saturated heterocycles. The topological polar surface area (TPSA) is 41.5 Å². The van der Waals surface area contributed by atoms with E-state index in [1.54, 1.807) is 0 Å². The van der Waals surface area contributed by atoms with Crippen molar-refractivity contribution in [3.05, 3.63) is 0 Å². The van der Waals surface area contributed by atoms with E-state index in [0.29, 0.717) is 16.9 Å². The summed E-state index contributed by atoms with van der Waals surface area (Å²) in [5, 5.41) is 13.1. The summed E-state index contributed by atoms with van der Waals surface area (Å²) < 4.78 is 6.30. The maximum Gasteiger partial charge on any atom is 0.0636 e. The molecule has 4 unspecified atom stereocenters. The van der Waals surface area contributed by atoms with E-state index in [1.165, 1.54) is 19.3 Å². The molecule has 0 amide bonds. The first-order valence-electron chi connectivity index (χ1n) is 8.76. The highest BCUT2D eigenvalue weighted by Crippen LogP contribution is 2.66. The maximum atomic E-state index is 9.62. The summed E-state index contributed by atoms with van der Waals surface area (Å²) in [6, 6.07) is 0. The van der Waals surface area contributed by atoms with Crippen LogP contribution in [0, 0.1) is 16.7 Å². The summed E-state index contributed by atoms with van der Waals surface area (Å²) in [5.41, 5.74) is 0.548. The fraction of sp³-hybridized carbons (Fsp3) is 1.00. The highest BCUT2D eigenvalue weighted by atomic mass is 16.5. The molecule has 0 aliphatic heterocycles. The number of aliphatic hydroxyl groups excluding tert-OH is 1. The van der Waals surface area contributed by atoms with E-state index in [1.807, 2.05) is 0 Å². The Kier molecular flexibility index (Phi) is 5.07. The SMILES string of the molecule is CCCNC(C)(CO)CCOC1CC2CCC1(C)C2(C)C.